The van der Waals surface area contributed by atoms with Gasteiger partial charge in [-0.15, -0.1) is 0 Å². The molecule has 23 heavy (non-hydrogen) atoms. The van der Waals surface area contributed by atoms with Crippen molar-refractivity contribution in [1.29, 1.82) is 0 Å². The zero-order chi connectivity index (χ0) is 17.0. The molecule has 0 saturated carbocycles. The number of phenolic OH excluding ortho intramolecular Hbond substituents is 2. The summed E-state index contributed by atoms with van der Waals surface area (Å²) in [5.74, 6) is -0.628. The van der Waals surface area contributed by atoms with Crippen molar-refractivity contribution in [3.63, 3.8) is 0 Å². The van der Waals surface area contributed by atoms with Gasteiger partial charge in [0.05, 0.1) is 11.0 Å². The number of hydrogen-bond acceptors (Lipinski definition) is 4. The van der Waals surface area contributed by atoms with Gasteiger partial charge in [-0.1, -0.05) is 44.2 Å². The lowest BCUT2D eigenvalue weighted by molar-refractivity contribution is -0.385. The van der Waals surface area contributed by atoms with E-state index in [9.17, 15) is 20.3 Å². The number of benzene rings is 2. The number of aromatic hydroxyl groups is 2. The van der Waals surface area contributed by atoms with Gasteiger partial charge < -0.3 is 10.2 Å². The molecule has 2 unspecified atom stereocenters. The molecule has 0 fully saturated rings. The molecule has 0 aromatic heterocycles. The third-order valence-corrected chi connectivity index (χ3v) is 4.26. The highest BCUT2D eigenvalue weighted by Crippen LogP contribution is 2.41. The topological polar surface area (TPSA) is 83.6 Å². The Kier molecular flexibility index (Phi) is 5.21. The van der Waals surface area contributed by atoms with Crippen LogP contribution < -0.4 is 0 Å². The summed E-state index contributed by atoms with van der Waals surface area (Å²) in [5, 5.41) is 30.5. The fraction of sp³-hybridized carbons (Fsp3) is 0.333. The van der Waals surface area contributed by atoms with E-state index in [0.29, 0.717) is 12.0 Å². The lowest BCUT2D eigenvalue weighted by Gasteiger charge is -2.21. The highest BCUT2D eigenvalue weighted by atomic mass is 16.6. The summed E-state index contributed by atoms with van der Waals surface area (Å²) in [6.07, 6.45) is 1.44. The van der Waals surface area contributed by atoms with Crippen molar-refractivity contribution in [2.75, 3.05) is 0 Å². The predicted molar refractivity (Wildman–Crippen MR) is 88.9 cm³/mol. The van der Waals surface area contributed by atoms with Crippen molar-refractivity contribution in [2.45, 2.75) is 38.5 Å². The first kappa shape index (κ1) is 16.8. The van der Waals surface area contributed by atoms with Crippen molar-refractivity contribution < 1.29 is 15.1 Å². The van der Waals surface area contributed by atoms with E-state index >= 15 is 0 Å². The first-order valence-corrected chi connectivity index (χ1v) is 7.69. The normalized spacial score (nSPS) is 13.5. The molecule has 0 aliphatic heterocycles. The van der Waals surface area contributed by atoms with Gasteiger partial charge in [-0.05, 0) is 36.3 Å². The minimum Gasteiger partial charge on any atom is -0.504 e. The van der Waals surface area contributed by atoms with Crippen molar-refractivity contribution >= 4 is 5.69 Å². The van der Waals surface area contributed by atoms with Gasteiger partial charge in [0.15, 0.2) is 11.5 Å². The average Bonchev–Trinajstić information content (AvgIpc) is 2.55. The van der Waals surface area contributed by atoms with Crippen LogP contribution in [0.4, 0.5) is 5.69 Å². The van der Waals surface area contributed by atoms with Crippen LogP contribution in [0.5, 0.6) is 11.5 Å². The first-order valence-electron chi connectivity index (χ1n) is 7.69. The number of hydrogen-bond donors (Lipinski definition) is 2. The molecule has 2 N–H and O–H groups in total. The van der Waals surface area contributed by atoms with Gasteiger partial charge in [-0.25, -0.2) is 0 Å². The smallest absolute Gasteiger partial charge is 0.276 e. The standard InChI is InChI=1S/C18H21NO4/c1-3-13(9-12(2)14-7-5-4-6-8-14)15-10-17(20)18(21)11-16(15)19(22)23/h4-8,10-13,20-21H,3,9H2,1-2H3. The fourth-order valence-corrected chi connectivity index (χ4v) is 2.93. The Balaban J connectivity index is 2.34. The summed E-state index contributed by atoms with van der Waals surface area (Å²) in [5.41, 5.74) is 1.50. The molecule has 2 rings (SSSR count). The van der Waals surface area contributed by atoms with Crippen molar-refractivity contribution in [3.05, 3.63) is 63.7 Å². The Morgan fingerprint density at radius 3 is 2.30 bits per heavy atom. The maximum absolute atomic E-state index is 11.3. The zero-order valence-corrected chi connectivity index (χ0v) is 13.3. The Labute approximate surface area is 135 Å². The average molecular weight is 315 g/mol. The van der Waals surface area contributed by atoms with E-state index in [1.165, 1.54) is 11.6 Å². The largest absolute Gasteiger partial charge is 0.504 e. The third-order valence-electron chi connectivity index (χ3n) is 4.26. The predicted octanol–water partition coefficient (Wildman–Crippen LogP) is 4.69. The van der Waals surface area contributed by atoms with Crippen molar-refractivity contribution in [2.24, 2.45) is 0 Å². The Hall–Kier alpha value is -2.56. The second-order valence-electron chi connectivity index (χ2n) is 5.81. The van der Waals surface area contributed by atoms with E-state index in [1.54, 1.807) is 0 Å². The number of rotatable bonds is 6. The van der Waals surface area contributed by atoms with Crippen molar-refractivity contribution in [3.8, 4) is 11.5 Å². The van der Waals surface area contributed by atoms with Crippen molar-refractivity contribution in [1.82, 2.24) is 0 Å². The molecule has 0 radical (unpaired) electrons. The molecule has 0 aliphatic carbocycles. The number of nitrogens with zero attached hydrogens (tertiary/aromatic N) is 1. The van der Waals surface area contributed by atoms with Gasteiger partial charge in [0, 0.05) is 5.56 Å². The molecule has 2 atom stereocenters. The molecule has 5 heteroatoms. The molecule has 0 aliphatic rings. The molecule has 122 valence electrons. The summed E-state index contributed by atoms with van der Waals surface area (Å²) in [6, 6.07) is 12.3. The summed E-state index contributed by atoms with van der Waals surface area (Å²) in [6.45, 7) is 4.06. The van der Waals surface area contributed by atoms with Gasteiger partial charge in [0.1, 0.15) is 0 Å². The molecule has 0 spiro atoms. The lowest BCUT2D eigenvalue weighted by atomic mass is 9.84. The molecule has 0 amide bonds. The molecule has 0 bridgehead atoms. The Morgan fingerprint density at radius 1 is 1.13 bits per heavy atom. The van der Waals surface area contributed by atoms with Crippen LogP contribution in [0.15, 0.2) is 42.5 Å². The van der Waals surface area contributed by atoms with Crippen LogP contribution in [-0.4, -0.2) is 15.1 Å². The molecule has 0 heterocycles. The van der Waals surface area contributed by atoms with Gasteiger partial charge in [-0.2, -0.15) is 0 Å². The highest BCUT2D eigenvalue weighted by Gasteiger charge is 2.25. The van der Waals surface area contributed by atoms with Gasteiger partial charge in [0.25, 0.3) is 5.69 Å². The minimum absolute atomic E-state index is 0.0721. The van der Waals surface area contributed by atoms with Gasteiger partial charge >= 0.3 is 0 Å². The third kappa shape index (κ3) is 3.80. The summed E-state index contributed by atoms with van der Waals surface area (Å²) in [4.78, 5) is 10.8. The van der Waals surface area contributed by atoms with Crippen LogP contribution in [0, 0.1) is 10.1 Å². The number of nitro groups is 1. The van der Waals surface area contributed by atoms with Crippen LogP contribution in [0.3, 0.4) is 0 Å². The number of nitro benzene ring substituents is 1. The zero-order valence-electron chi connectivity index (χ0n) is 13.3. The van der Waals surface area contributed by atoms with Gasteiger partial charge in [0.2, 0.25) is 0 Å². The Bertz CT molecular complexity index is 685. The molecule has 0 saturated heterocycles. The summed E-state index contributed by atoms with van der Waals surface area (Å²) in [7, 11) is 0. The SMILES string of the molecule is CCC(CC(C)c1ccccc1)c1cc(O)c(O)cc1[N+](=O)[O-]. The first-order chi connectivity index (χ1) is 10.9. The van der Waals surface area contributed by atoms with E-state index in [1.807, 2.05) is 37.3 Å². The maximum Gasteiger partial charge on any atom is 0.276 e. The Morgan fingerprint density at radius 2 is 1.74 bits per heavy atom. The van der Waals surface area contributed by atoms with E-state index in [4.69, 9.17) is 0 Å². The minimum atomic E-state index is -0.510. The van der Waals surface area contributed by atoms with Crippen LogP contribution >= 0.6 is 0 Å². The summed E-state index contributed by atoms with van der Waals surface area (Å²) >= 11 is 0. The monoisotopic (exact) mass is 315 g/mol. The molecular formula is C18H21NO4. The van der Waals surface area contributed by atoms with E-state index < -0.39 is 10.7 Å². The number of phenols is 2. The van der Waals surface area contributed by atoms with Crippen LogP contribution in [-0.2, 0) is 0 Å². The second kappa shape index (κ2) is 7.13. The highest BCUT2D eigenvalue weighted by molar-refractivity contribution is 5.54. The quantitative estimate of drug-likeness (QED) is 0.460. The fourth-order valence-electron chi connectivity index (χ4n) is 2.93. The van der Waals surface area contributed by atoms with E-state index in [2.05, 4.69) is 6.92 Å². The summed E-state index contributed by atoms with van der Waals surface area (Å²) < 4.78 is 0. The van der Waals surface area contributed by atoms with Crippen LogP contribution in [0.1, 0.15) is 49.7 Å². The molecule has 2 aromatic rings. The lowest BCUT2D eigenvalue weighted by Crippen LogP contribution is -2.06. The second-order valence-corrected chi connectivity index (χ2v) is 5.81. The molecule has 5 nitrogen and oxygen atoms in total. The van der Waals surface area contributed by atoms with Gasteiger partial charge in [-0.3, -0.25) is 10.1 Å². The van der Waals surface area contributed by atoms with Crippen LogP contribution in [0.25, 0.3) is 0 Å². The molecular weight excluding hydrogens is 294 g/mol. The maximum atomic E-state index is 11.3. The van der Waals surface area contributed by atoms with Crippen LogP contribution in [0.2, 0.25) is 0 Å². The van der Waals surface area contributed by atoms with E-state index in [-0.39, 0.29) is 23.3 Å². The molecule has 2 aromatic carbocycles. The van der Waals surface area contributed by atoms with E-state index in [0.717, 1.165) is 12.5 Å².